The summed E-state index contributed by atoms with van der Waals surface area (Å²) in [7, 11) is 0. The molecular weight excluding hydrogens is 206 g/mol. The molecule has 0 aliphatic carbocycles. The van der Waals surface area contributed by atoms with Crippen molar-refractivity contribution in [2.45, 2.75) is 25.9 Å². The molecule has 0 bridgehead atoms. The van der Waals surface area contributed by atoms with Crippen LogP contribution in [0.1, 0.15) is 31.4 Å². The van der Waals surface area contributed by atoms with Gasteiger partial charge in [-0.05, 0) is 24.1 Å². The Morgan fingerprint density at radius 3 is 2.56 bits per heavy atom. The zero-order valence-corrected chi connectivity index (χ0v) is 9.31. The first-order valence-electron chi connectivity index (χ1n) is 5.37. The predicted octanol–water partition coefficient (Wildman–Crippen LogP) is 1.34. The fraction of sp³-hybridized carbons (Fsp3) is 0.417. The number of amides is 1. The molecule has 0 saturated carbocycles. The van der Waals surface area contributed by atoms with Crippen LogP contribution in [-0.4, -0.2) is 22.7 Å². The lowest BCUT2D eigenvalue weighted by Crippen LogP contribution is -2.24. The van der Waals surface area contributed by atoms with E-state index in [1.807, 2.05) is 0 Å². The van der Waals surface area contributed by atoms with Crippen LogP contribution in [0, 0.1) is 0 Å². The molecule has 0 saturated heterocycles. The minimum atomic E-state index is -0.613. The Balaban J connectivity index is 2.37. The Labute approximate surface area is 94.9 Å². The first kappa shape index (κ1) is 12.5. The van der Waals surface area contributed by atoms with E-state index in [0.29, 0.717) is 19.4 Å². The van der Waals surface area contributed by atoms with Crippen LogP contribution in [0.25, 0.3) is 0 Å². The fourth-order valence-corrected chi connectivity index (χ4v) is 1.34. The minimum Gasteiger partial charge on any atom is -0.508 e. The molecule has 0 fully saturated rings. The standard InChI is InChI=1S/C12H17NO3/c1-2-12(16)13-8-7-11(15)9-3-5-10(14)6-4-9/h3-6,11,14-15H,2,7-8H2,1H3,(H,13,16). The van der Waals surface area contributed by atoms with Crippen molar-refractivity contribution in [2.75, 3.05) is 6.54 Å². The summed E-state index contributed by atoms with van der Waals surface area (Å²) in [5, 5.41) is 21.5. The van der Waals surface area contributed by atoms with Gasteiger partial charge in [0.1, 0.15) is 5.75 Å². The maximum absolute atomic E-state index is 10.9. The highest BCUT2D eigenvalue weighted by Gasteiger charge is 2.07. The maximum Gasteiger partial charge on any atom is 0.219 e. The highest BCUT2D eigenvalue weighted by Crippen LogP contribution is 2.18. The van der Waals surface area contributed by atoms with Crippen LogP contribution >= 0.6 is 0 Å². The van der Waals surface area contributed by atoms with Crippen LogP contribution in [-0.2, 0) is 4.79 Å². The van der Waals surface area contributed by atoms with Gasteiger partial charge >= 0.3 is 0 Å². The number of rotatable bonds is 5. The first-order chi connectivity index (χ1) is 7.63. The topological polar surface area (TPSA) is 69.6 Å². The molecule has 1 aromatic rings. The number of aliphatic hydroxyl groups is 1. The van der Waals surface area contributed by atoms with Gasteiger partial charge in [0.15, 0.2) is 0 Å². The third-order valence-electron chi connectivity index (χ3n) is 2.34. The van der Waals surface area contributed by atoms with Gasteiger partial charge in [0.25, 0.3) is 0 Å². The van der Waals surface area contributed by atoms with E-state index in [1.165, 1.54) is 12.1 Å². The highest BCUT2D eigenvalue weighted by atomic mass is 16.3. The van der Waals surface area contributed by atoms with Crippen molar-refractivity contribution in [3.8, 4) is 5.75 Å². The first-order valence-corrected chi connectivity index (χ1v) is 5.37. The lowest BCUT2D eigenvalue weighted by atomic mass is 10.1. The number of hydrogen-bond donors (Lipinski definition) is 3. The van der Waals surface area contributed by atoms with E-state index in [0.717, 1.165) is 5.56 Å². The molecule has 4 nitrogen and oxygen atoms in total. The van der Waals surface area contributed by atoms with Gasteiger partial charge in [-0.25, -0.2) is 0 Å². The van der Waals surface area contributed by atoms with Crippen LogP contribution in [0.5, 0.6) is 5.75 Å². The Bertz CT molecular complexity index is 335. The predicted molar refractivity (Wildman–Crippen MR) is 61.0 cm³/mol. The van der Waals surface area contributed by atoms with E-state index in [-0.39, 0.29) is 11.7 Å². The largest absolute Gasteiger partial charge is 0.508 e. The van der Waals surface area contributed by atoms with Gasteiger partial charge in [0.2, 0.25) is 5.91 Å². The summed E-state index contributed by atoms with van der Waals surface area (Å²) in [6.45, 7) is 2.24. The molecule has 0 heterocycles. The number of carbonyl (C=O) groups is 1. The number of phenolic OH excluding ortho intramolecular Hbond substituents is 1. The zero-order valence-electron chi connectivity index (χ0n) is 9.31. The normalized spacial score (nSPS) is 12.1. The van der Waals surface area contributed by atoms with E-state index in [4.69, 9.17) is 5.11 Å². The number of aliphatic hydroxyl groups excluding tert-OH is 1. The highest BCUT2D eigenvalue weighted by molar-refractivity contribution is 5.75. The van der Waals surface area contributed by atoms with E-state index in [9.17, 15) is 9.90 Å². The molecule has 1 unspecified atom stereocenters. The second-order valence-corrected chi connectivity index (χ2v) is 3.60. The fourth-order valence-electron chi connectivity index (χ4n) is 1.34. The van der Waals surface area contributed by atoms with Crippen molar-refractivity contribution in [3.05, 3.63) is 29.8 Å². The molecule has 88 valence electrons. The summed E-state index contributed by atoms with van der Waals surface area (Å²) in [6.07, 6.45) is 0.309. The monoisotopic (exact) mass is 223 g/mol. The van der Waals surface area contributed by atoms with Gasteiger partial charge in [0.05, 0.1) is 6.10 Å². The molecule has 0 spiro atoms. The molecule has 1 atom stereocenters. The number of nitrogens with one attached hydrogen (secondary N) is 1. The average molecular weight is 223 g/mol. The van der Waals surface area contributed by atoms with Crippen molar-refractivity contribution in [2.24, 2.45) is 0 Å². The molecule has 16 heavy (non-hydrogen) atoms. The van der Waals surface area contributed by atoms with Crippen molar-refractivity contribution in [3.63, 3.8) is 0 Å². The molecular formula is C12H17NO3. The number of hydrogen-bond acceptors (Lipinski definition) is 3. The van der Waals surface area contributed by atoms with Gasteiger partial charge in [0, 0.05) is 13.0 Å². The molecule has 0 radical (unpaired) electrons. The van der Waals surface area contributed by atoms with Gasteiger partial charge in [-0.1, -0.05) is 19.1 Å². The Kier molecular flexibility index (Phi) is 4.79. The lowest BCUT2D eigenvalue weighted by Gasteiger charge is -2.11. The van der Waals surface area contributed by atoms with Crippen LogP contribution in [0.3, 0.4) is 0 Å². The summed E-state index contributed by atoms with van der Waals surface area (Å²) >= 11 is 0. The number of aromatic hydroxyl groups is 1. The Morgan fingerprint density at radius 2 is 2.00 bits per heavy atom. The Morgan fingerprint density at radius 1 is 1.38 bits per heavy atom. The van der Waals surface area contributed by atoms with Gasteiger partial charge in [-0.2, -0.15) is 0 Å². The minimum absolute atomic E-state index is 0.0158. The van der Waals surface area contributed by atoms with Crippen LogP contribution in [0.2, 0.25) is 0 Å². The smallest absolute Gasteiger partial charge is 0.219 e. The number of benzene rings is 1. The SMILES string of the molecule is CCC(=O)NCCC(O)c1ccc(O)cc1. The number of carbonyl (C=O) groups excluding carboxylic acids is 1. The van der Waals surface area contributed by atoms with Gasteiger partial charge in [-0.3, -0.25) is 4.79 Å². The van der Waals surface area contributed by atoms with Gasteiger partial charge in [-0.15, -0.1) is 0 Å². The van der Waals surface area contributed by atoms with E-state index >= 15 is 0 Å². The average Bonchev–Trinajstić information content (AvgIpc) is 2.29. The van der Waals surface area contributed by atoms with Crippen molar-refractivity contribution >= 4 is 5.91 Å². The molecule has 4 heteroatoms. The summed E-state index contributed by atoms with van der Waals surface area (Å²) in [5.41, 5.74) is 0.739. The molecule has 0 aromatic heterocycles. The summed E-state index contributed by atoms with van der Waals surface area (Å²) in [6, 6.07) is 6.40. The van der Waals surface area contributed by atoms with Crippen molar-refractivity contribution in [1.29, 1.82) is 0 Å². The lowest BCUT2D eigenvalue weighted by molar-refractivity contribution is -0.120. The van der Waals surface area contributed by atoms with Crippen LogP contribution in [0.15, 0.2) is 24.3 Å². The zero-order chi connectivity index (χ0) is 12.0. The quantitative estimate of drug-likeness (QED) is 0.705. The second-order valence-electron chi connectivity index (χ2n) is 3.60. The molecule has 1 rings (SSSR count). The second kappa shape index (κ2) is 6.12. The third kappa shape index (κ3) is 3.90. The third-order valence-corrected chi connectivity index (χ3v) is 2.34. The van der Waals surface area contributed by atoms with Crippen LogP contribution < -0.4 is 5.32 Å². The van der Waals surface area contributed by atoms with E-state index in [2.05, 4.69) is 5.32 Å². The summed E-state index contributed by atoms with van der Waals surface area (Å²) in [4.78, 5) is 10.9. The van der Waals surface area contributed by atoms with Crippen LogP contribution in [0.4, 0.5) is 0 Å². The molecule has 0 aliphatic heterocycles. The molecule has 1 amide bonds. The maximum atomic E-state index is 10.9. The van der Waals surface area contributed by atoms with Crippen molar-refractivity contribution < 1.29 is 15.0 Å². The summed E-state index contributed by atoms with van der Waals surface area (Å²) < 4.78 is 0. The van der Waals surface area contributed by atoms with Gasteiger partial charge < -0.3 is 15.5 Å². The van der Waals surface area contributed by atoms with E-state index < -0.39 is 6.10 Å². The Hall–Kier alpha value is -1.55. The molecule has 0 aliphatic rings. The number of phenols is 1. The summed E-state index contributed by atoms with van der Waals surface area (Å²) in [5.74, 6) is 0.160. The molecule has 1 aromatic carbocycles. The van der Waals surface area contributed by atoms with E-state index in [1.54, 1.807) is 19.1 Å². The van der Waals surface area contributed by atoms with Crippen molar-refractivity contribution in [1.82, 2.24) is 5.32 Å². The molecule has 3 N–H and O–H groups in total.